The van der Waals surface area contributed by atoms with Gasteiger partial charge in [-0.05, 0) is 67.7 Å². The molecule has 1 aromatic carbocycles. The van der Waals surface area contributed by atoms with Crippen molar-refractivity contribution in [3.63, 3.8) is 0 Å². The van der Waals surface area contributed by atoms with Crippen LogP contribution < -0.4 is 5.32 Å². The molecule has 146 valence electrons. The Hall–Kier alpha value is -2.40. The lowest BCUT2D eigenvalue weighted by molar-refractivity contribution is -0.120. The van der Waals surface area contributed by atoms with Gasteiger partial charge in [0, 0.05) is 23.2 Å². The summed E-state index contributed by atoms with van der Waals surface area (Å²) in [6.45, 7) is 3.98. The summed E-state index contributed by atoms with van der Waals surface area (Å²) in [6.07, 6.45) is 5.21. The molecule has 1 N–H and O–H groups in total. The third-order valence-electron chi connectivity index (χ3n) is 5.84. The summed E-state index contributed by atoms with van der Waals surface area (Å²) in [4.78, 5) is 14.1. The lowest BCUT2D eigenvalue weighted by Gasteiger charge is -2.22. The predicted molar refractivity (Wildman–Crippen MR) is 114 cm³/mol. The molecule has 1 aliphatic carbocycles. The zero-order valence-electron chi connectivity index (χ0n) is 16.8. The van der Waals surface area contributed by atoms with Crippen LogP contribution in [0.2, 0.25) is 0 Å². The van der Waals surface area contributed by atoms with Gasteiger partial charge in [0.15, 0.2) is 0 Å². The van der Waals surface area contributed by atoms with Crippen LogP contribution in [0.25, 0.3) is 0 Å². The van der Waals surface area contributed by atoms with Crippen LogP contribution in [-0.2, 0) is 31.1 Å². The van der Waals surface area contributed by atoms with Gasteiger partial charge in [-0.25, -0.2) is 0 Å². The molecule has 1 unspecified atom stereocenters. The van der Waals surface area contributed by atoms with E-state index in [9.17, 15) is 4.79 Å². The molecule has 1 aliphatic rings. The maximum Gasteiger partial charge on any atom is 0.225 e. The van der Waals surface area contributed by atoms with Crippen molar-refractivity contribution in [3.05, 3.63) is 74.2 Å². The summed E-state index contributed by atoms with van der Waals surface area (Å²) in [7, 11) is 1.92. The molecule has 0 radical (unpaired) electrons. The van der Waals surface area contributed by atoms with Crippen molar-refractivity contribution in [1.82, 2.24) is 15.1 Å². The maximum absolute atomic E-state index is 13.0. The molecule has 0 aliphatic heterocycles. The van der Waals surface area contributed by atoms with E-state index in [1.54, 1.807) is 11.3 Å². The molecular weight excluding hydrogens is 366 g/mol. The Labute approximate surface area is 170 Å². The van der Waals surface area contributed by atoms with Gasteiger partial charge >= 0.3 is 0 Å². The Bertz CT molecular complexity index is 988. The summed E-state index contributed by atoms with van der Waals surface area (Å²) in [6, 6.07) is 10.8. The predicted octanol–water partition coefficient (Wildman–Crippen LogP) is 4.43. The quantitative estimate of drug-likeness (QED) is 0.697. The smallest absolute Gasteiger partial charge is 0.225 e. The minimum Gasteiger partial charge on any atom is -0.344 e. The van der Waals surface area contributed by atoms with Crippen LogP contribution in [0.4, 0.5) is 0 Å². The van der Waals surface area contributed by atoms with E-state index in [4.69, 9.17) is 0 Å². The largest absolute Gasteiger partial charge is 0.344 e. The molecule has 0 saturated carbocycles. The molecule has 0 bridgehead atoms. The number of aryl methyl sites for hydroxylation is 4. The average Bonchev–Trinajstić information content (AvgIpc) is 3.30. The van der Waals surface area contributed by atoms with Crippen molar-refractivity contribution in [2.45, 2.75) is 52.0 Å². The highest BCUT2D eigenvalue weighted by Crippen LogP contribution is 2.30. The van der Waals surface area contributed by atoms with E-state index >= 15 is 0 Å². The highest BCUT2D eigenvalue weighted by atomic mass is 32.1. The van der Waals surface area contributed by atoms with Crippen molar-refractivity contribution < 1.29 is 4.79 Å². The Morgan fingerprint density at radius 2 is 2.00 bits per heavy atom. The zero-order valence-corrected chi connectivity index (χ0v) is 17.6. The third kappa shape index (κ3) is 3.76. The molecule has 1 atom stereocenters. The highest BCUT2D eigenvalue weighted by molar-refractivity contribution is 7.10. The van der Waals surface area contributed by atoms with Gasteiger partial charge < -0.3 is 5.32 Å². The number of thiophene rings is 1. The lowest BCUT2D eigenvalue weighted by Crippen LogP contribution is -2.30. The number of nitrogens with one attached hydrogen (secondary N) is 1. The van der Waals surface area contributed by atoms with Gasteiger partial charge in [0.2, 0.25) is 5.91 Å². The Morgan fingerprint density at radius 1 is 1.21 bits per heavy atom. The number of fused-ring (bicyclic) bond motifs is 1. The Balaban J connectivity index is 1.60. The summed E-state index contributed by atoms with van der Waals surface area (Å²) in [5.41, 5.74) is 7.09. The molecule has 0 spiro atoms. The zero-order chi connectivity index (χ0) is 19.7. The SMILES string of the molecule is Cc1nn(C)c(C)c1CC(=O)NC(c1ccc2c(c1)CCCC2)c1cccs1. The van der Waals surface area contributed by atoms with Crippen LogP contribution in [0, 0.1) is 13.8 Å². The van der Waals surface area contributed by atoms with Crippen LogP contribution in [0.5, 0.6) is 0 Å². The number of hydrogen-bond acceptors (Lipinski definition) is 3. The van der Waals surface area contributed by atoms with E-state index in [0.29, 0.717) is 6.42 Å². The number of benzene rings is 1. The molecular formula is C23H27N3OS. The third-order valence-corrected chi connectivity index (χ3v) is 6.77. The molecule has 3 aromatic rings. The first-order valence-electron chi connectivity index (χ1n) is 9.96. The first kappa shape index (κ1) is 18.9. The van der Waals surface area contributed by atoms with E-state index in [-0.39, 0.29) is 11.9 Å². The van der Waals surface area contributed by atoms with Crippen molar-refractivity contribution in [2.24, 2.45) is 7.05 Å². The summed E-state index contributed by atoms with van der Waals surface area (Å²) in [5.74, 6) is 0.0373. The summed E-state index contributed by atoms with van der Waals surface area (Å²) in [5, 5.41) is 9.80. The number of aromatic nitrogens is 2. The molecule has 4 nitrogen and oxygen atoms in total. The topological polar surface area (TPSA) is 46.9 Å². The van der Waals surface area contributed by atoms with Gasteiger partial charge in [0.1, 0.15) is 0 Å². The van der Waals surface area contributed by atoms with E-state index in [1.165, 1.54) is 40.8 Å². The fourth-order valence-electron chi connectivity index (χ4n) is 4.15. The average molecular weight is 394 g/mol. The van der Waals surface area contributed by atoms with Gasteiger partial charge in [0.05, 0.1) is 18.2 Å². The monoisotopic (exact) mass is 393 g/mol. The summed E-state index contributed by atoms with van der Waals surface area (Å²) < 4.78 is 1.85. The number of nitrogens with zero attached hydrogens (tertiary/aromatic N) is 2. The molecule has 2 heterocycles. The fourth-order valence-corrected chi connectivity index (χ4v) is 4.96. The van der Waals surface area contributed by atoms with E-state index < -0.39 is 0 Å². The van der Waals surface area contributed by atoms with Crippen molar-refractivity contribution in [3.8, 4) is 0 Å². The van der Waals surface area contributed by atoms with Crippen molar-refractivity contribution >= 4 is 17.2 Å². The number of carbonyl (C=O) groups is 1. The van der Waals surface area contributed by atoms with Crippen LogP contribution >= 0.6 is 11.3 Å². The Kier molecular flexibility index (Phi) is 5.36. The molecule has 2 aromatic heterocycles. The minimum atomic E-state index is -0.1000. The molecule has 4 rings (SSSR count). The molecule has 5 heteroatoms. The van der Waals surface area contributed by atoms with Crippen molar-refractivity contribution in [1.29, 1.82) is 0 Å². The first-order chi connectivity index (χ1) is 13.5. The number of hydrogen-bond donors (Lipinski definition) is 1. The van der Waals surface area contributed by atoms with Gasteiger partial charge in [-0.15, -0.1) is 11.3 Å². The normalized spacial score (nSPS) is 14.5. The van der Waals surface area contributed by atoms with Gasteiger partial charge in [-0.2, -0.15) is 5.10 Å². The number of amides is 1. The van der Waals surface area contributed by atoms with E-state index in [1.807, 2.05) is 31.6 Å². The van der Waals surface area contributed by atoms with Gasteiger partial charge in [-0.3, -0.25) is 9.48 Å². The molecule has 1 amide bonds. The van der Waals surface area contributed by atoms with Crippen LogP contribution in [0.3, 0.4) is 0 Å². The van der Waals surface area contributed by atoms with Crippen LogP contribution in [-0.4, -0.2) is 15.7 Å². The van der Waals surface area contributed by atoms with E-state index in [0.717, 1.165) is 23.4 Å². The Morgan fingerprint density at radius 3 is 2.68 bits per heavy atom. The highest BCUT2D eigenvalue weighted by Gasteiger charge is 2.21. The van der Waals surface area contributed by atoms with Crippen LogP contribution in [0.1, 0.15) is 57.4 Å². The maximum atomic E-state index is 13.0. The lowest BCUT2D eigenvalue weighted by atomic mass is 9.89. The number of carbonyl (C=O) groups excluding carboxylic acids is 1. The van der Waals surface area contributed by atoms with Crippen molar-refractivity contribution in [2.75, 3.05) is 0 Å². The second-order valence-corrected chi connectivity index (χ2v) is 8.68. The van der Waals surface area contributed by atoms with E-state index in [2.05, 4.69) is 40.1 Å². The molecule has 0 fully saturated rings. The fraction of sp³-hybridized carbons (Fsp3) is 0.391. The first-order valence-corrected chi connectivity index (χ1v) is 10.8. The molecule has 0 saturated heterocycles. The summed E-state index contributed by atoms with van der Waals surface area (Å²) >= 11 is 1.69. The van der Waals surface area contributed by atoms with Crippen LogP contribution in [0.15, 0.2) is 35.7 Å². The molecule has 28 heavy (non-hydrogen) atoms. The van der Waals surface area contributed by atoms with Gasteiger partial charge in [0.25, 0.3) is 0 Å². The van der Waals surface area contributed by atoms with Gasteiger partial charge in [-0.1, -0.05) is 24.3 Å². The standard InChI is InChI=1S/C23H27N3OS/c1-15-20(16(2)26(3)25-15)14-22(27)24-23(21-9-6-12-28-21)19-11-10-17-7-4-5-8-18(17)13-19/h6,9-13,23H,4-5,7-8,14H2,1-3H3,(H,24,27). The number of rotatable bonds is 5. The second kappa shape index (κ2) is 7.92. The minimum absolute atomic E-state index is 0.0373. The second-order valence-electron chi connectivity index (χ2n) is 7.70.